The fourth-order valence-corrected chi connectivity index (χ4v) is 4.85. The number of likely N-dealkylation sites (tertiary alicyclic amines) is 1. The van der Waals surface area contributed by atoms with Crippen LogP contribution in [0, 0.1) is 0 Å². The molecule has 3 aromatic rings. The van der Waals surface area contributed by atoms with Gasteiger partial charge in [0.1, 0.15) is 5.82 Å². The summed E-state index contributed by atoms with van der Waals surface area (Å²) in [5, 5.41) is 10.0. The van der Waals surface area contributed by atoms with Gasteiger partial charge in [0, 0.05) is 17.7 Å². The molecule has 1 aromatic heterocycles. The normalized spacial score (nSPS) is 14.6. The molecule has 0 aliphatic carbocycles. The van der Waals surface area contributed by atoms with Crippen LogP contribution in [0.2, 0.25) is 0 Å². The Morgan fingerprint density at radius 3 is 2.32 bits per heavy atom. The van der Waals surface area contributed by atoms with Gasteiger partial charge < -0.3 is 4.57 Å². The van der Waals surface area contributed by atoms with Gasteiger partial charge in [-0.1, -0.05) is 78.8 Å². The van der Waals surface area contributed by atoms with E-state index >= 15 is 0 Å². The van der Waals surface area contributed by atoms with Crippen LogP contribution in [-0.4, -0.2) is 44.3 Å². The van der Waals surface area contributed by atoms with Gasteiger partial charge in [-0.2, -0.15) is 0 Å². The Kier molecular flexibility index (Phi) is 7.91. The number of hydrogen-bond donors (Lipinski definition) is 0. The maximum Gasteiger partial charge on any atom is 0.191 e. The Balaban J connectivity index is 1.39. The minimum Gasteiger partial charge on any atom is -0.300 e. The molecule has 0 unspecified atom stereocenters. The molecule has 1 aliphatic heterocycles. The molecule has 6 heteroatoms. The number of hydrogen-bond acceptors (Lipinski definition) is 5. The maximum absolute atomic E-state index is 12.3. The van der Waals surface area contributed by atoms with E-state index < -0.39 is 0 Å². The number of piperidine rings is 1. The lowest BCUT2D eigenvalue weighted by Crippen LogP contribution is -2.30. The molecule has 5 nitrogen and oxygen atoms in total. The van der Waals surface area contributed by atoms with Crippen LogP contribution in [0.1, 0.15) is 53.8 Å². The lowest BCUT2D eigenvalue weighted by atomic mass is 10.1. The van der Waals surface area contributed by atoms with E-state index in [1.54, 1.807) is 11.8 Å². The molecule has 2 aromatic carbocycles. The third-order valence-corrected chi connectivity index (χ3v) is 6.72. The highest BCUT2D eigenvalue weighted by Gasteiger charge is 2.18. The largest absolute Gasteiger partial charge is 0.300 e. The summed E-state index contributed by atoms with van der Waals surface area (Å²) in [4.78, 5) is 14.8. The van der Waals surface area contributed by atoms with E-state index in [0.717, 1.165) is 54.9 Å². The Bertz CT molecular complexity index is 952. The predicted molar refractivity (Wildman–Crippen MR) is 125 cm³/mol. The summed E-state index contributed by atoms with van der Waals surface area (Å²) in [5.41, 5.74) is 2.05. The number of rotatable bonds is 10. The van der Waals surface area contributed by atoms with Crippen molar-refractivity contribution < 1.29 is 4.79 Å². The molecule has 1 aliphatic rings. The van der Waals surface area contributed by atoms with Crippen LogP contribution < -0.4 is 0 Å². The van der Waals surface area contributed by atoms with Crippen LogP contribution in [0.5, 0.6) is 0 Å². The molecule has 1 saturated heterocycles. The fraction of sp³-hybridized carbons (Fsp3) is 0.400. The Hall–Kier alpha value is -2.44. The van der Waals surface area contributed by atoms with Crippen molar-refractivity contribution in [3.05, 3.63) is 77.6 Å². The lowest BCUT2D eigenvalue weighted by Gasteiger charge is -2.26. The number of carbonyl (C=O) groups excluding carboxylic acids is 1. The highest BCUT2D eigenvalue weighted by Crippen LogP contribution is 2.22. The minimum atomic E-state index is 0.206. The molecule has 0 radical (unpaired) electrons. The molecule has 1 fully saturated rings. The number of ketones is 1. The van der Waals surface area contributed by atoms with Gasteiger partial charge in [0.2, 0.25) is 0 Å². The number of thioether (sulfide) groups is 1. The summed E-state index contributed by atoms with van der Waals surface area (Å²) in [6.45, 7) is 3.92. The first-order chi connectivity index (χ1) is 15.3. The molecule has 31 heavy (non-hydrogen) atoms. The first-order valence-electron chi connectivity index (χ1n) is 11.2. The van der Waals surface area contributed by atoms with Crippen molar-refractivity contribution in [2.45, 2.75) is 50.4 Å². The summed E-state index contributed by atoms with van der Waals surface area (Å²) in [6, 6.07) is 20.0. The molecular weight excluding hydrogens is 404 g/mol. The van der Waals surface area contributed by atoms with Crippen LogP contribution in [0.25, 0.3) is 0 Å². The van der Waals surface area contributed by atoms with Crippen LogP contribution in [0.3, 0.4) is 0 Å². The Morgan fingerprint density at radius 1 is 0.871 bits per heavy atom. The Labute approximate surface area is 188 Å². The first kappa shape index (κ1) is 21.8. The molecule has 2 heterocycles. The molecule has 0 spiro atoms. The summed E-state index contributed by atoms with van der Waals surface area (Å²) < 4.78 is 2.26. The van der Waals surface area contributed by atoms with Crippen molar-refractivity contribution >= 4 is 17.5 Å². The monoisotopic (exact) mass is 434 g/mol. The van der Waals surface area contributed by atoms with Crippen LogP contribution in [0.15, 0.2) is 65.8 Å². The number of benzene rings is 2. The first-order valence-corrected chi connectivity index (χ1v) is 12.2. The quantitative estimate of drug-likeness (QED) is 0.253. The summed E-state index contributed by atoms with van der Waals surface area (Å²) >= 11 is 1.70. The summed E-state index contributed by atoms with van der Waals surface area (Å²) in [5.74, 6) is 2.10. The van der Waals surface area contributed by atoms with E-state index in [4.69, 9.17) is 0 Å². The highest BCUT2D eigenvalue weighted by atomic mass is 32.2. The van der Waals surface area contributed by atoms with Crippen molar-refractivity contribution in [3.63, 3.8) is 0 Å². The van der Waals surface area contributed by atoms with Crippen molar-refractivity contribution in [1.82, 2.24) is 19.7 Å². The molecule has 0 atom stereocenters. The van der Waals surface area contributed by atoms with Gasteiger partial charge >= 0.3 is 0 Å². The minimum absolute atomic E-state index is 0.206. The van der Waals surface area contributed by atoms with Gasteiger partial charge in [0.05, 0.1) is 13.1 Å². The molecule has 4 rings (SSSR count). The van der Waals surface area contributed by atoms with Crippen LogP contribution in [-0.2, 0) is 13.1 Å². The van der Waals surface area contributed by atoms with E-state index in [0.29, 0.717) is 6.42 Å². The van der Waals surface area contributed by atoms with Gasteiger partial charge in [-0.15, -0.1) is 10.2 Å². The second kappa shape index (κ2) is 11.3. The van der Waals surface area contributed by atoms with E-state index in [1.807, 2.05) is 36.4 Å². The molecular formula is C25H30N4OS. The lowest BCUT2D eigenvalue weighted by molar-refractivity contribution is 0.0982. The van der Waals surface area contributed by atoms with Gasteiger partial charge in [-0.3, -0.25) is 9.69 Å². The predicted octanol–water partition coefficient (Wildman–Crippen LogP) is 5.07. The standard InChI is InChI=1S/C25H30N4OS/c30-23(22-13-6-2-7-14-22)15-10-18-31-25-27-26-24(20-28-16-8-3-9-17-28)29(25)19-21-11-4-1-5-12-21/h1-2,4-7,11-14H,3,8-10,15-20H2. The van der Waals surface area contributed by atoms with Gasteiger partial charge in [-0.25, -0.2) is 0 Å². The Morgan fingerprint density at radius 2 is 1.58 bits per heavy atom. The number of aromatic nitrogens is 3. The molecule has 0 N–H and O–H groups in total. The van der Waals surface area contributed by atoms with E-state index in [1.165, 1.54) is 24.8 Å². The zero-order valence-electron chi connectivity index (χ0n) is 17.9. The fourth-order valence-electron chi connectivity index (χ4n) is 3.95. The SMILES string of the molecule is O=C(CCCSc1nnc(CN2CCCCC2)n1Cc1ccccc1)c1ccccc1. The van der Waals surface area contributed by atoms with Crippen LogP contribution >= 0.6 is 11.8 Å². The average molecular weight is 435 g/mol. The van der Waals surface area contributed by atoms with E-state index in [9.17, 15) is 4.79 Å². The molecule has 0 bridgehead atoms. The summed E-state index contributed by atoms with van der Waals surface area (Å²) in [6.07, 6.45) is 5.26. The number of carbonyl (C=O) groups is 1. The third kappa shape index (κ3) is 6.28. The van der Waals surface area contributed by atoms with E-state index in [2.05, 4.69) is 43.9 Å². The zero-order valence-corrected chi connectivity index (χ0v) is 18.8. The van der Waals surface area contributed by atoms with Gasteiger partial charge in [0.15, 0.2) is 10.9 Å². The third-order valence-electron chi connectivity index (χ3n) is 5.67. The molecule has 0 amide bonds. The van der Waals surface area contributed by atoms with Crippen molar-refractivity contribution in [2.75, 3.05) is 18.8 Å². The summed E-state index contributed by atoms with van der Waals surface area (Å²) in [7, 11) is 0. The second-order valence-electron chi connectivity index (χ2n) is 8.05. The number of Topliss-reactive ketones (excluding diaryl/α,β-unsaturated/α-hetero) is 1. The van der Waals surface area contributed by atoms with Crippen molar-refractivity contribution in [1.29, 1.82) is 0 Å². The van der Waals surface area contributed by atoms with Crippen molar-refractivity contribution in [2.24, 2.45) is 0 Å². The molecule has 162 valence electrons. The van der Waals surface area contributed by atoms with Gasteiger partial charge in [0.25, 0.3) is 0 Å². The topological polar surface area (TPSA) is 51.0 Å². The second-order valence-corrected chi connectivity index (χ2v) is 9.11. The van der Waals surface area contributed by atoms with Gasteiger partial charge in [-0.05, 0) is 37.9 Å². The van der Waals surface area contributed by atoms with E-state index in [-0.39, 0.29) is 5.78 Å². The maximum atomic E-state index is 12.3. The highest BCUT2D eigenvalue weighted by molar-refractivity contribution is 7.99. The van der Waals surface area contributed by atoms with Crippen molar-refractivity contribution in [3.8, 4) is 0 Å². The smallest absolute Gasteiger partial charge is 0.191 e. The molecule has 0 saturated carbocycles. The average Bonchev–Trinajstić information content (AvgIpc) is 3.19. The zero-order chi connectivity index (χ0) is 21.3. The number of nitrogens with zero attached hydrogens (tertiary/aromatic N) is 4. The van der Waals surface area contributed by atoms with Crippen LogP contribution in [0.4, 0.5) is 0 Å².